The van der Waals surface area contributed by atoms with Crippen LogP contribution in [0, 0.1) is 12.7 Å². The van der Waals surface area contributed by atoms with Crippen molar-refractivity contribution >= 4 is 0 Å². The SMILES string of the molecule is CCCCC(NC(C)C)c1cc(F)ccc1C. The fourth-order valence-electron chi connectivity index (χ4n) is 2.13. The minimum absolute atomic E-state index is 0.141. The van der Waals surface area contributed by atoms with Gasteiger partial charge in [0.15, 0.2) is 0 Å². The molecule has 0 aliphatic carbocycles. The molecular weight excluding hydrogens is 213 g/mol. The first kappa shape index (κ1) is 14.2. The highest BCUT2D eigenvalue weighted by atomic mass is 19.1. The summed E-state index contributed by atoms with van der Waals surface area (Å²) in [4.78, 5) is 0. The van der Waals surface area contributed by atoms with Crippen molar-refractivity contribution in [3.63, 3.8) is 0 Å². The molecule has 0 amide bonds. The molecule has 0 fully saturated rings. The van der Waals surface area contributed by atoms with Crippen molar-refractivity contribution in [3.05, 3.63) is 35.1 Å². The van der Waals surface area contributed by atoms with Crippen LogP contribution in [0.2, 0.25) is 0 Å². The van der Waals surface area contributed by atoms with Crippen molar-refractivity contribution in [2.45, 2.75) is 59.0 Å². The van der Waals surface area contributed by atoms with Crippen LogP contribution in [0.3, 0.4) is 0 Å². The summed E-state index contributed by atoms with van der Waals surface area (Å²) in [5.41, 5.74) is 2.27. The van der Waals surface area contributed by atoms with Crippen LogP contribution in [0.15, 0.2) is 18.2 Å². The Hall–Kier alpha value is -0.890. The third kappa shape index (κ3) is 4.47. The lowest BCUT2D eigenvalue weighted by molar-refractivity contribution is 0.436. The molecule has 0 spiro atoms. The first-order valence-corrected chi connectivity index (χ1v) is 6.56. The van der Waals surface area contributed by atoms with Gasteiger partial charge in [-0.15, -0.1) is 0 Å². The summed E-state index contributed by atoms with van der Waals surface area (Å²) >= 11 is 0. The summed E-state index contributed by atoms with van der Waals surface area (Å²) in [5, 5.41) is 3.53. The maximum absolute atomic E-state index is 13.3. The van der Waals surface area contributed by atoms with Gasteiger partial charge in [-0.25, -0.2) is 4.39 Å². The van der Waals surface area contributed by atoms with E-state index in [4.69, 9.17) is 0 Å². The summed E-state index contributed by atoms with van der Waals surface area (Å²) in [6.45, 7) is 8.50. The van der Waals surface area contributed by atoms with Gasteiger partial charge in [-0.1, -0.05) is 39.7 Å². The number of hydrogen-bond acceptors (Lipinski definition) is 1. The van der Waals surface area contributed by atoms with E-state index in [2.05, 4.69) is 33.0 Å². The van der Waals surface area contributed by atoms with Gasteiger partial charge >= 0.3 is 0 Å². The second-order valence-corrected chi connectivity index (χ2v) is 5.02. The molecule has 2 heteroatoms. The number of hydrogen-bond donors (Lipinski definition) is 1. The van der Waals surface area contributed by atoms with Crippen molar-refractivity contribution in [3.8, 4) is 0 Å². The van der Waals surface area contributed by atoms with Gasteiger partial charge in [0.1, 0.15) is 5.82 Å². The lowest BCUT2D eigenvalue weighted by Gasteiger charge is -2.23. The Labute approximate surface area is 104 Å². The second-order valence-electron chi connectivity index (χ2n) is 5.02. The van der Waals surface area contributed by atoms with Crippen molar-refractivity contribution in [2.75, 3.05) is 0 Å². The smallest absolute Gasteiger partial charge is 0.123 e. The van der Waals surface area contributed by atoms with Gasteiger partial charge in [-0.05, 0) is 36.6 Å². The molecular formula is C15H24FN. The molecule has 0 saturated carbocycles. The Morgan fingerprint density at radius 1 is 1.29 bits per heavy atom. The minimum Gasteiger partial charge on any atom is -0.308 e. The third-order valence-electron chi connectivity index (χ3n) is 3.00. The molecule has 0 aliphatic heterocycles. The number of rotatable bonds is 6. The summed E-state index contributed by atoms with van der Waals surface area (Å²) in [6.07, 6.45) is 3.41. The fraction of sp³-hybridized carbons (Fsp3) is 0.600. The largest absolute Gasteiger partial charge is 0.308 e. The zero-order valence-corrected chi connectivity index (χ0v) is 11.4. The van der Waals surface area contributed by atoms with Gasteiger partial charge in [0.2, 0.25) is 0 Å². The average Bonchev–Trinajstić information content (AvgIpc) is 2.27. The standard InChI is InChI=1S/C15H24FN/c1-5-6-7-15(17-11(2)3)14-10-13(16)9-8-12(14)4/h8-11,15,17H,5-7H2,1-4H3. The number of aryl methyl sites for hydroxylation is 1. The van der Waals surface area contributed by atoms with E-state index in [0.717, 1.165) is 12.0 Å². The second kappa shape index (κ2) is 6.75. The van der Waals surface area contributed by atoms with Gasteiger partial charge in [0.25, 0.3) is 0 Å². The molecule has 0 bridgehead atoms. The molecule has 1 atom stereocenters. The Balaban J connectivity index is 2.90. The Kier molecular flexibility index (Phi) is 5.63. The molecule has 96 valence electrons. The molecule has 1 aromatic carbocycles. The highest BCUT2D eigenvalue weighted by molar-refractivity contribution is 5.29. The summed E-state index contributed by atoms with van der Waals surface area (Å²) in [5.74, 6) is -0.141. The maximum Gasteiger partial charge on any atom is 0.123 e. The van der Waals surface area contributed by atoms with Gasteiger partial charge in [-0.3, -0.25) is 0 Å². The van der Waals surface area contributed by atoms with Crippen LogP contribution >= 0.6 is 0 Å². The van der Waals surface area contributed by atoms with E-state index in [-0.39, 0.29) is 11.9 Å². The van der Waals surface area contributed by atoms with Crippen molar-refractivity contribution in [1.82, 2.24) is 5.32 Å². The monoisotopic (exact) mass is 237 g/mol. The first-order valence-electron chi connectivity index (χ1n) is 6.56. The molecule has 0 saturated heterocycles. The molecule has 0 heterocycles. The maximum atomic E-state index is 13.3. The van der Waals surface area contributed by atoms with Crippen molar-refractivity contribution in [2.24, 2.45) is 0 Å². The van der Waals surface area contributed by atoms with Crippen LogP contribution < -0.4 is 5.32 Å². The van der Waals surface area contributed by atoms with Crippen LogP contribution in [0.5, 0.6) is 0 Å². The predicted molar refractivity (Wildman–Crippen MR) is 71.7 cm³/mol. The van der Waals surface area contributed by atoms with Gasteiger partial charge in [0, 0.05) is 12.1 Å². The molecule has 17 heavy (non-hydrogen) atoms. The van der Waals surface area contributed by atoms with Gasteiger partial charge in [-0.2, -0.15) is 0 Å². The third-order valence-corrected chi connectivity index (χ3v) is 3.00. The fourth-order valence-corrected chi connectivity index (χ4v) is 2.13. The molecule has 0 aromatic heterocycles. The van der Waals surface area contributed by atoms with Crippen LogP contribution in [-0.2, 0) is 0 Å². The zero-order valence-electron chi connectivity index (χ0n) is 11.4. The molecule has 1 aromatic rings. The van der Waals surface area contributed by atoms with E-state index in [1.165, 1.54) is 24.5 Å². The summed E-state index contributed by atoms with van der Waals surface area (Å²) in [7, 11) is 0. The van der Waals surface area contributed by atoms with E-state index in [9.17, 15) is 4.39 Å². The molecule has 1 nitrogen and oxygen atoms in total. The van der Waals surface area contributed by atoms with Crippen molar-refractivity contribution < 1.29 is 4.39 Å². The molecule has 1 rings (SSSR count). The molecule has 0 aliphatic rings. The Bertz CT molecular complexity index is 347. The quantitative estimate of drug-likeness (QED) is 0.775. The van der Waals surface area contributed by atoms with E-state index < -0.39 is 0 Å². The van der Waals surface area contributed by atoms with Gasteiger partial charge in [0.05, 0.1) is 0 Å². The Morgan fingerprint density at radius 3 is 2.59 bits per heavy atom. The van der Waals surface area contributed by atoms with Crippen molar-refractivity contribution in [1.29, 1.82) is 0 Å². The first-order chi connectivity index (χ1) is 8.04. The van der Waals surface area contributed by atoms with E-state index in [1.54, 1.807) is 6.07 Å². The normalized spacial score (nSPS) is 13.1. The average molecular weight is 237 g/mol. The van der Waals surface area contributed by atoms with E-state index in [0.29, 0.717) is 6.04 Å². The minimum atomic E-state index is -0.141. The predicted octanol–water partition coefficient (Wildman–Crippen LogP) is 4.36. The highest BCUT2D eigenvalue weighted by Gasteiger charge is 2.14. The Morgan fingerprint density at radius 2 is 2.00 bits per heavy atom. The molecule has 1 N–H and O–H groups in total. The van der Waals surface area contributed by atoms with Crippen LogP contribution in [0.1, 0.15) is 57.2 Å². The van der Waals surface area contributed by atoms with Gasteiger partial charge < -0.3 is 5.32 Å². The van der Waals surface area contributed by atoms with Crippen LogP contribution in [0.25, 0.3) is 0 Å². The number of halogens is 1. The lowest BCUT2D eigenvalue weighted by Crippen LogP contribution is -2.28. The summed E-state index contributed by atoms with van der Waals surface area (Å²) in [6, 6.07) is 5.76. The molecule has 0 radical (unpaired) electrons. The van der Waals surface area contributed by atoms with E-state index in [1.807, 2.05) is 6.07 Å². The topological polar surface area (TPSA) is 12.0 Å². The zero-order chi connectivity index (χ0) is 12.8. The number of nitrogens with one attached hydrogen (secondary N) is 1. The number of benzene rings is 1. The lowest BCUT2D eigenvalue weighted by atomic mass is 9.96. The summed E-state index contributed by atoms with van der Waals surface area (Å²) < 4.78 is 13.3. The van der Waals surface area contributed by atoms with E-state index >= 15 is 0 Å². The highest BCUT2D eigenvalue weighted by Crippen LogP contribution is 2.24. The van der Waals surface area contributed by atoms with Crippen LogP contribution in [0.4, 0.5) is 4.39 Å². The number of unbranched alkanes of at least 4 members (excludes halogenated alkanes) is 1. The van der Waals surface area contributed by atoms with Crippen LogP contribution in [-0.4, -0.2) is 6.04 Å². The molecule has 1 unspecified atom stereocenters.